The average Bonchev–Trinajstić information content (AvgIpc) is 2.83. The minimum absolute atomic E-state index is 0.0806. The number of sulfonamides is 1. The summed E-state index contributed by atoms with van der Waals surface area (Å²) in [6, 6.07) is 7.40. The first kappa shape index (κ1) is 17.6. The average molecular weight is 362 g/mol. The molecule has 0 aromatic carbocycles. The summed E-state index contributed by atoms with van der Waals surface area (Å²) < 4.78 is 27.1. The van der Waals surface area contributed by atoms with E-state index in [4.69, 9.17) is 0 Å². The van der Waals surface area contributed by atoms with Gasteiger partial charge in [0.25, 0.3) is 5.91 Å². The third-order valence-electron chi connectivity index (χ3n) is 4.38. The van der Waals surface area contributed by atoms with E-state index in [1.165, 1.54) is 10.6 Å². The quantitative estimate of drug-likeness (QED) is 0.822. The van der Waals surface area contributed by atoms with Crippen LogP contribution in [0.2, 0.25) is 0 Å². The first-order chi connectivity index (χ1) is 11.9. The predicted octanol–water partition coefficient (Wildman–Crippen LogP) is 1.32. The molecule has 1 aliphatic rings. The Balaban J connectivity index is 1.80. The molecule has 0 N–H and O–H groups in total. The van der Waals surface area contributed by atoms with E-state index in [2.05, 4.69) is 4.98 Å². The van der Waals surface area contributed by atoms with Crippen LogP contribution in [0.5, 0.6) is 0 Å². The van der Waals surface area contributed by atoms with Crippen LogP contribution in [0.1, 0.15) is 28.2 Å². The van der Waals surface area contributed by atoms with Crippen molar-refractivity contribution in [2.75, 3.05) is 19.8 Å². The Bertz CT molecular complexity index is 861. The van der Waals surface area contributed by atoms with Crippen molar-refractivity contribution >= 4 is 15.9 Å². The van der Waals surface area contributed by atoms with Gasteiger partial charge in [-0.2, -0.15) is 4.31 Å². The Morgan fingerprint density at radius 3 is 2.76 bits per heavy atom. The van der Waals surface area contributed by atoms with Crippen molar-refractivity contribution in [3.63, 3.8) is 0 Å². The summed E-state index contributed by atoms with van der Waals surface area (Å²) in [4.78, 5) is 18.5. The second-order valence-corrected chi connectivity index (χ2v) is 8.32. The Kier molecular flexibility index (Phi) is 4.91. The standard InChI is InChI=1S/C17H22N4O3S/c1-19(12-14-5-3-8-18-11-14)17(22)16-7-6-15-13-20(25(2,23)24)9-4-10-21(15)16/h3,5-8,11H,4,9-10,12-13H2,1-2H3. The molecule has 1 aliphatic heterocycles. The molecule has 2 aromatic rings. The lowest BCUT2D eigenvalue weighted by molar-refractivity contribution is 0.0774. The minimum Gasteiger partial charge on any atom is -0.339 e. The molecule has 0 bridgehead atoms. The number of pyridine rings is 1. The lowest BCUT2D eigenvalue weighted by Gasteiger charge is -2.19. The van der Waals surface area contributed by atoms with E-state index in [-0.39, 0.29) is 5.91 Å². The van der Waals surface area contributed by atoms with Gasteiger partial charge >= 0.3 is 0 Å². The molecule has 0 saturated heterocycles. The first-order valence-corrected chi connectivity index (χ1v) is 9.99. The molecule has 0 aliphatic carbocycles. The molecular formula is C17H22N4O3S. The number of rotatable bonds is 4. The number of amides is 1. The fourth-order valence-corrected chi connectivity index (χ4v) is 3.91. The van der Waals surface area contributed by atoms with Crippen LogP contribution in [-0.2, 0) is 29.7 Å². The highest BCUT2D eigenvalue weighted by Gasteiger charge is 2.25. The van der Waals surface area contributed by atoms with Gasteiger partial charge in [-0.1, -0.05) is 6.07 Å². The molecule has 25 heavy (non-hydrogen) atoms. The van der Waals surface area contributed by atoms with Gasteiger partial charge in [-0.3, -0.25) is 9.78 Å². The molecule has 7 nitrogen and oxygen atoms in total. The second-order valence-electron chi connectivity index (χ2n) is 6.33. The van der Waals surface area contributed by atoms with Crippen molar-refractivity contribution in [3.05, 3.63) is 53.6 Å². The fourth-order valence-electron chi connectivity index (χ4n) is 3.08. The van der Waals surface area contributed by atoms with Gasteiger partial charge < -0.3 is 9.47 Å². The van der Waals surface area contributed by atoms with Crippen LogP contribution in [0, 0.1) is 0 Å². The number of nitrogens with zero attached hydrogens (tertiary/aromatic N) is 4. The van der Waals surface area contributed by atoms with Crippen LogP contribution >= 0.6 is 0 Å². The number of aromatic nitrogens is 2. The Hall–Kier alpha value is -2.19. The van der Waals surface area contributed by atoms with Crippen molar-refractivity contribution in [2.45, 2.75) is 26.1 Å². The van der Waals surface area contributed by atoms with Crippen LogP contribution in [0.15, 0.2) is 36.7 Å². The summed E-state index contributed by atoms with van der Waals surface area (Å²) in [5, 5.41) is 0. The first-order valence-electron chi connectivity index (χ1n) is 8.14. The zero-order chi connectivity index (χ0) is 18.0. The van der Waals surface area contributed by atoms with E-state index in [1.807, 2.05) is 22.8 Å². The molecule has 2 aromatic heterocycles. The maximum absolute atomic E-state index is 12.8. The number of fused-ring (bicyclic) bond motifs is 1. The van der Waals surface area contributed by atoms with E-state index in [0.29, 0.717) is 38.3 Å². The zero-order valence-corrected chi connectivity index (χ0v) is 15.2. The number of carbonyl (C=O) groups excluding carboxylic acids is 1. The largest absolute Gasteiger partial charge is 0.339 e. The van der Waals surface area contributed by atoms with Gasteiger partial charge in [0.2, 0.25) is 10.0 Å². The van der Waals surface area contributed by atoms with Crippen molar-refractivity contribution in [3.8, 4) is 0 Å². The lowest BCUT2D eigenvalue weighted by Crippen LogP contribution is -2.29. The van der Waals surface area contributed by atoms with Gasteiger partial charge in [-0.15, -0.1) is 0 Å². The van der Waals surface area contributed by atoms with Crippen LogP contribution in [0.4, 0.5) is 0 Å². The van der Waals surface area contributed by atoms with Crippen LogP contribution in [-0.4, -0.2) is 52.9 Å². The molecule has 0 fully saturated rings. The van der Waals surface area contributed by atoms with E-state index in [1.54, 1.807) is 30.4 Å². The van der Waals surface area contributed by atoms with Gasteiger partial charge in [-0.25, -0.2) is 8.42 Å². The van der Waals surface area contributed by atoms with Crippen molar-refractivity contribution in [2.24, 2.45) is 0 Å². The minimum atomic E-state index is -3.24. The molecule has 0 unspecified atom stereocenters. The van der Waals surface area contributed by atoms with Crippen LogP contribution in [0.3, 0.4) is 0 Å². The third-order valence-corrected chi connectivity index (χ3v) is 5.63. The molecule has 3 heterocycles. The van der Waals surface area contributed by atoms with Crippen molar-refractivity contribution in [1.29, 1.82) is 0 Å². The molecule has 0 saturated carbocycles. The highest BCUT2D eigenvalue weighted by atomic mass is 32.2. The number of hydrogen-bond acceptors (Lipinski definition) is 4. The SMILES string of the molecule is CN(Cc1cccnc1)C(=O)c1ccc2n1CCCN(S(C)(=O)=O)C2. The summed E-state index contributed by atoms with van der Waals surface area (Å²) in [6.45, 7) is 1.89. The summed E-state index contributed by atoms with van der Waals surface area (Å²) in [5.41, 5.74) is 2.40. The number of carbonyl (C=O) groups is 1. The van der Waals surface area contributed by atoms with Gasteiger partial charge in [0.05, 0.1) is 12.8 Å². The monoisotopic (exact) mass is 362 g/mol. The Morgan fingerprint density at radius 1 is 1.28 bits per heavy atom. The smallest absolute Gasteiger partial charge is 0.270 e. The van der Waals surface area contributed by atoms with Crippen molar-refractivity contribution < 1.29 is 13.2 Å². The van der Waals surface area contributed by atoms with E-state index in [9.17, 15) is 13.2 Å². The molecule has 8 heteroatoms. The fraction of sp³-hybridized carbons (Fsp3) is 0.412. The molecule has 134 valence electrons. The van der Waals surface area contributed by atoms with Crippen molar-refractivity contribution in [1.82, 2.24) is 18.8 Å². The normalized spacial score (nSPS) is 15.4. The maximum atomic E-state index is 12.8. The summed E-state index contributed by atoms with van der Waals surface area (Å²) >= 11 is 0. The maximum Gasteiger partial charge on any atom is 0.270 e. The van der Waals surface area contributed by atoms with Gasteiger partial charge in [-0.05, 0) is 30.2 Å². The lowest BCUT2D eigenvalue weighted by atomic mass is 10.2. The zero-order valence-electron chi connectivity index (χ0n) is 14.4. The summed E-state index contributed by atoms with van der Waals surface area (Å²) in [5.74, 6) is -0.0806. The summed E-state index contributed by atoms with van der Waals surface area (Å²) in [7, 11) is -1.48. The Morgan fingerprint density at radius 2 is 2.08 bits per heavy atom. The molecule has 0 radical (unpaired) electrons. The second kappa shape index (κ2) is 6.97. The van der Waals surface area contributed by atoms with Crippen LogP contribution in [0.25, 0.3) is 0 Å². The Labute approximate surface area is 147 Å². The molecule has 0 atom stereocenters. The molecule has 0 spiro atoms. The molecule has 1 amide bonds. The van der Waals surface area contributed by atoms with Gasteiger partial charge in [0.1, 0.15) is 5.69 Å². The molecular weight excluding hydrogens is 340 g/mol. The van der Waals surface area contributed by atoms with Gasteiger partial charge in [0, 0.05) is 44.8 Å². The molecule has 3 rings (SSSR count). The van der Waals surface area contributed by atoms with E-state index < -0.39 is 10.0 Å². The highest BCUT2D eigenvalue weighted by molar-refractivity contribution is 7.88. The topological polar surface area (TPSA) is 75.5 Å². The number of hydrogen-bond donors (Lipinski definition) is 0. The third kappa shape index (κ3) is 3.91. The van der Waals surface area contributed by atoms with Gasteiger partial charge in [0.15, 0.2) is 0 Å². The van der Waals surface area contributed by atoms with E-state index in [0.717, 1.165) is 11.3 Å². The van der Waals surface area contributed by atoms with Crippen LogP contribution < -0.4 is 0 Å². The van der Waals surface area contributed by atoms with E-state index >= 15 is 0 Å². The highest BCUT2D eigenvalue weighted by Crippen LogP contribution is 2.20. The predicted molar refractivity (Wildman–Crippen MR) is 94.3 cm³/mol. The summed E-state index contributed by atoms with van der Waals surface area (Å²) in [6.07, 6.45) is 5.35.